The van der Waals surface area contributed by atoms with Crippen molar-refractivity contribution in [2.75, 3.05) is 25.8 Å². The maximum Gasteiger partial charge on any atom is 0.337 e. The fraction of sp³-hybridized carbons (Fsp3) is 0.318. The molecule has 0 spiro atoms. The van der Waals surface area contributed by atoms with Crippen molar-refractivity contribution in [3.05, 3.63) is 57.8 Å². The highest BCUT2D eigenvalue weighted by molar-refractivity contribution is 5.97. The second-order valence-electron chi connectivity index (χ2n) is 7.55. The van der Waals surface area contributed by atoms with Crippen molar-refractivity contribution >= 4 is 11.7 Å². The Balaban J connectivity index is 1.58. The van der Waals surface area contributed by atoms with Crippen LogP contribution < -0.4 is 19.5 Å². The van der Waals surface area contributed by atoms with E-state index in [4.69, 9.17) is 18.9 Å². The molecular formula is C22H19NO5. The summed E-state index contributed by atoms with van der Waals surface area (Å²) in [5.41, 5.74) is 7.37. The highest BCUT2D eigenvalue weighted by Crippen LogP contribution is 2.50. The first kappa shape index (κ1) is 15.9. The van der Waals surface area contributed by atoms with Crippen molar-refractivity contribution in [2.24, 2.45) is 0 Å². The first-order chi connectivity index (χ1) is 13.7. The largest absolute Gasteiger partial charge is 0.493 e. The van der Waals surface area contributed by atoms with Crippen LogP contribution in [0, 0.1) is 0 Å². The van der Waals surface area contributed by atoms with Crippen LogP contribution in [0.5, 0.6) is 17.2 Å². The van der Waals surface area contributed by atoms with E-state index in [0.717, 1.165) is 35.4 Å². The van der Waals surface area contributed by atoms with Gasteiger partial charge >= 0.3 is 5.97 Å². The van der Waals surface area contributed by atoms with Crippen molar-refractivity contribution in [2.45, 2.75) is 25.2 Å². The Morgan fingerprint density at radius 1 is 1.07 bits per heavy atom. The Hall–Kier alpha value is -3.15. The second kappa shape index (κ2) is 5.67. The molecule has 1 N–H and O–H groups in total. The average molecular weight is 377 g/mol. The van der Waals surface area contributed by atoms with Gasteiger partial charge in [0, 0.05) is 11.6 Å². The van der Waals surface area contributed by atoms with E-state index in [1.165, 1.54) is 17.5 Å². The van der Waals surface area contributed by atoms with E-state index in [1.54, 1.807) is 7.11 Å². The van der Waals surface area contributed by atoms with Gasteiger partial charge in [0.2, 0.25) is 12.5 Å². The van der Waals surface area contributed by atoms with Crippen LogP contribution in [0.3, 0.4) is 0 Å². The van der Waals surface area contributed by atoms with Crippen LogP contribution in [0.4, 0.5) is 5.69 Å². The van der Waals surface area contributed by atoms with Crippen molar-refractivity contribution in [1.29, 1.82) is 0 Å². The first-order valence-corrected chi connectivity index (χ1v) is 9.53. The molecule has 6 nitrogen and oxygen atoms in total. The van der Waals surface area contributed by atoms with Crippen LogP contribution in [-0.2, 0) is 22.4 Å². The van der Waals surface area contributed by atoms with E-state index < -0.39 is 0 Å². The number of methoxy groups -OCH3 is 1. The summed E-state index contributed by atoms with van der Waals surface area (Å²) in [6, 6.07) is 8.38. The van der Waals surface area contributed by atoms with Gasteiger partial charge in [0.15, 0.2) is 11.5 Å². The number of carbonyl (C=O) groups excluding carboxylic acids is 1. The van der Waals surface area contributed by atoms with E-state index in [0.29, 0.717) is 22.8 Å². The van der Waals surface area contributed by atoms with Gasteiger partial charge in [0.05, 0.1) is 18.4 Å². The van der Waals surface area contributed by atoms with Crippen molar-refractivity contribution in [3.8, 4) is 17.2 Å². The summed E-state index contributed by atoms with van der Waals surface area (Å²) in [6.45, 7) is 0.449. The Morgan fingerprint density at radius 2 is 1.93 bits per heavy atom. The Bertz CT molecular complexity index is 1070. The third kappa shape index (κ3) is 2.11. The number of rotatable bonds is 2. The summed E-state index contributed by atoms with van der Waals surface area (Å²) in [5, 5.41) is 3.45. The van der Waals surface area contributed by atoms with Gasteiger partial charge in [0.25, 0.3) is 0 Å². The summed E-state index contributed by atoms with van der Waals surface area (Å²) >= 11 is 0. The van der Waals surface area contributed by atoms with E-state index in [2.05, 4.69) is 17.4 Å². The zero-order valence-electron chi connectivity index (χ0n) is 15.5. The lowest BCUT2D eigenvalue weighted by Crippen LogP contribution is -2.20. The first-order valence-electron chi connectivity index (χ1n) is 9.53. The third-order valence-electron chi connectivity index (χ3n) is 6.06. The molecule has 0 amide bonds. The molecule has 0 saturated heterocycles. The molecular weight excluding hydrogens is 358 g/mol. The quantitative estimate of drug-likeness (QED) is 0.811. The zero-order chi connectivity index (χ0) is 18.8. The van der Waals surface area contributed by atoms with Crippen LogP contribution in [-0.4, -0.2) is 26.5 Å². The number of benzene rings is 2. The minimum absolute atomic E-state index is 0.168. The Morgan fingerprint density at radius 3 is 2.79 bits per heavy atom. The SMILES string of the molecule is COc1cc([C@@H]2C3=C(COC3=O)Nc3cc4c(cc32)CCC4)cc2c1OCO2. The molecule has 2 aromatic rings. The van der Waals surface area contributed by atoms with Crippen molar-refractivity contribution in [3.63, 3.8) is 0 Å². The predicted molar refractivity (Wildman–Crippen MR) is 101 cm³/mol. The molecule has 0 saturated carbocycles. The lowest BCUT2D eigenvalue weighted by Gasteiger charge is -2.28. The van der Waals surface area contributed by atoms with Gasteiger partial charge < -0.3 is 24.3 Å². The molecule has 3 aliphatic heterocycles. The molecule has 0 unspecified atom stereocenters. The van der Waals surface area contributed by atoms with Gasteiger partial charge in [-0.3, -0.25) is 0 Å². The lowest BCUT2D eigenvalue weighted by molar-refractivity contribution is -0.136. The molecule has 3 heterocycles. The molecule has 4 aliphatic rings. The number of anilines is 1. The molecule has 2 aromatic carbocycles. The van der Waals surface area contributed by atoms with E-state index in [9.17, 15) is 4.79 Å². The summed E-state index contributed by atoms with van der Waals surface area (Å²) in [7, 11) is 1.61. The lowest BCUT2D eigenvalue weighted by atomic mass is 9.80. The van der Waals surface area contributed by atoms with Gasteiger partial charge in [0.1, 0.15) is 6.61 Å². The fourth-order valence-electron chi connectivity index (χ4n) is 4.78. The van der Waals surface area contributed by atoms with E-state index in [-0.39, 0.29) is 25.3 Å². The van der Waals surface area contributed by atoms with Crippen molar-refractivity contribution in [1.82, 2.24) is 0 Å². The minimum Gasteiger partial charge on any atom is -0.493 e. The Kier molecular flexibility index (Phi) is 3.21. The summed E-state index contributed by atoms with van der Waals surface area (Å²) in [4.78, 5) is 12.6. The number of aryl methyl sites for hydroxylation is 2. The van der Waals surface area contributed by atoms with Gasteiger partial charge in [-0.05, 0) is 59.7 Å². The normalized spacial score (nSPS) is 21.0. The maximum absolute atomic E-state index is 12.6. The smallest absolute Gasteiger partial charge is 0.337 e. The molecule has 0 radical (unpaired) electrons. The molecule has 1 aliphatic carbocycles. The van der Waals surface area contributed by atoms with Gasteiger partial charge in [-0.1, -0.05) is 6.07 Å². The van der Waals surface area contributed by atoms with Crippen LogP contribution >= 0.6 is 0 Å². The number of hydrogen-bond acceptors (Lipinski definition) is 6. The van der Waals surface area contributed by atoms with Crippen LogP contribution in [0.1, 0.15) is 34.6 Å². The monoisotopic (exact) mass is 377 g/mol. The summed E-state index contributed by atoms with van der Waals surface area (Å²) in [6.07, 6.45) is 3.36. The summed E-state index contributed by atoms with van der Waals surface area (Å²) < 4.78 is 22.1. The topological polar surface area (TPSA) is 66.0 Å². The standard InChI is InChI=1S/C22H19NO5/c1-25-17-7-13(8-18-21(17)28-10-27-18)19-14-5-11-3-2-4-12(11)6-15(14)23-16-9-26-22(24)20(16)19/h5-8,19,23H,2-4,9-10H2,1H3/t19-/m0/s1. The molecule has 28 heavy (non-hydrogen) atoms. The molecule has 0 bridgehead atoms. The average Bonchev–Trinajstić information content (AvgIpc) is 3.43. The van der Waals surface area contributed by atoms with Gasteiger partial charge in [-0.25, -0.2) is 4.79 Å². The van der Waals surface area contributed by atoms with Crippen LogP contribution in [0.15, 0.2) is 35.5 Å². The molecule has 0 aromatic heterocycles. The van der Waals surface area contributed by atoms with Crippen molar-refractivity contribution < 1.29 is 23.7 Å². The molecule has 0 fully saturated rings. The summed E-state index contributed by atoms with van der Waals surface area (Å²) in [5.74, 6) is 1.37. The molecule has 1 atom stereocenters. The predicted octanol–water partition coefficient (Wildman–Crippen LogP) is 3.28. The number of ether oxygens (including phenoxy) is 4. The highest BCUT2D eigenvalue weighted by Gasteiger charge is 2.40. The molecule has 6 rings (SSSR count). The van der Waals surface area contributed by atoms with Crippen LogP contribution in [0.25, 0.3) is 0 Å². The number of carbonyl (C=O) groups is 1. The zero-order valence-corrected chi connectivity index (χ0v) is 15.5. The van der Waals surface area contributed by atoms with Gasteiger partial charge in [-0.2, -0.15) is 0 Å². The number of cyclic esters (lactones) is 1. The maximum atomic E-state index is 12.6. The third-order valence-corrected chi connectivity index (χ3v) is 6.06. The number of esters is 1. The number of hydrogen-bond donors (Lipinski definition) is 1. The number of nitrogens with one attached hydrogen (secondary N) is 1. The number of fused-ring (bicyclic) bond motifs is 3. The van der Waals surface area contributed by atoms with Gasteiger partial charge in [-0.15, -0.1) is 0 Å². The van der Waals surface area contributed by atoms with E-state index >= 15 is 0 Å². The van der Waals surface area contributed by atoms with Crippen LogP contribution in [0.2, 0.25) is 0 Å². The fourth-order valence-corrected chi connectivity index (χ4v) is 4.78. The molecule has 6 heteroatoms. The second-order valence-corrected chi connectivity index (χ2v) is 7.55. The van der Waals surface area contributed by atoms with E-state index in [1.807, 2.05) is 12.1 Å². The minimum atomic E-state index is -0.268. The molecule has 142 valence electrons. The Labute approximate surface area is 162 Å². The highest BCUT2D eigenvalue weighted by atomic mass is 16.7.